The number of nitrogens with one attached hydrogen (secondary N) is 2. The lowest BCUT2D eigenvalue weighted by molar-refractivity contribution is 0.539. The van der Waals surface area contributed by atoms with Crippen LogP contribution >= 0.6 is 0 Å². The molecule has 0 aromatic rings. The molecule has 0 heterocycles. The summed E-state index contributed by atoms with van der Waals surface area (Å²) in [5.41, 5.74) is 0. The summed E-state index contributed by atoms with van der Waals surface area (Å²) in [6, 6.07) is 0. The maximum Gasteiger partial charge on any atom is 0.215 e. The van der Waals surface area contributed by atoms with E-state index < -0.39 is 10.0 Å². The van der Waals surface area contributed by atoms with Crippen LogP contribution in [0.3, 0.4) is 0 Å². The first-order valence-corrected chi connectivity index (χ1v) is 7.14. The number of rotatable bonds is 8. The lowest BCUT2D eigenvalue weighted by Crippen LogP contribution is -2.39. The Balaban J connectivity index is 3.95. The molecule has 0 aliphatic carbocycles. The van der Waals surface area contributed by atoms with Crippen molar-refractivity contribution in [2.75, 3.05) is 19.6 Å². The first-order chi connectivity index (χ1) is 6.90. The number of hydrogen-bond donors (Lipinski definition) is 2. The maximum atomic E-state index is 11.7. The van der Waals surface area contributed by atoms with E-state index >= 15 is 0 Å². The molecule has 0 aliphatic heterocycles. The molecule has 0 amide bonds. The van der Waals surface area contributed by atoms with Crippen molar-refractivity contribution >= 4 is 10.0 Å². The number of sulfonamides is 1. The van der Waals surface area contributed by atoms with E-state index in [1.54, 1.807) is 6.92 Å². The molecule has 0 radical (unpaired) electrons. The minimum atomic E-state index is -3.14. The second-order valence-corrected chi connectivity index (χ2v) is 6.42. The molecule has 0 aliphatic rings. The summed E-state index contributed by atoms with van der Waals surface area (Å²) in [5.74, 6) is 0.525. The van der Waals surface area contributed by atoms with Crippen molar-refractivity contribution in [1.29, 1.82) is 0 Å². The molecule has 0 fully saturated rings. The Hall–Kier alpha value is -0.130. The van der Waals surface area contributed by atoms with Crippen LogP contribution in [-0.4, -0.2) is 33.3 Å². The second-order valence-electron chi connectivity index (χ2n) is 4.24. The van der Waals surface area contributed by atoms with Gasteiger partial charge in [-0.1, -0.05) is 20.8 Å². The van der Waals surface area contributed by atoms with Crippen molar-refractivity contribution < 1.29 is 8.42 Å². The smallest absolute Gasteiger partial charge is 0.215 e. The SMILES string of the molecule is CCNCC(C)S(=O)(=O)NCCC(C)C. The molecule has 0 aromatic carbocycles. The first-order valence-electron chi connectivity index (χ1n) is 5.59. The molecule has 1 unspecified atom stereocenters. The largest absolute Gasteiger partial charge is 0.316 e. The van der Waals surface area contributed by atoms with Crippen LogP contribution in [0.4, 0.5) is 0 Å². The molecule has 5 heteroatoms. The molecule has 0 saturated heterocycles. The van der Waals surface area contributed by atoms with E-state index in [0.29, 0.717) is 19.0 Å². The van der Waals surface area contributed by atoms with E-state index in [0.717, 1.165) is 13.0 Å². The lowest BCUT2D eigenvalue weighted by atomic mass is 10.1. The monoisotopic (exact) mass is 236 g/mol. The van der Waals surface area contributed by atoms with Crippen LogP contribution in [0.15, 0.2) is 0 Å². The van der Waals surface area contributed by atoms with Crippen LogP contribution < -0.4 is 10.0 Å². The Morgan fingerprint density at radius 3 is 2.27 bits per heavy atom. The predicted octanol–water partition coefficient (Wildman–Crippen LogP) is 0.950. The maximum absolute atomic E-state index is 11.7. The molecule has 0 spiro atoms. The van der Waals surface area contributed by atoms with E-state index in [9.17, 15) is 8.42 Å². The van der Waals surface area contributed by atoms with Crippen LogP contribution in [-0.2, 0) is 10.0 Å². The number of hydrogen-bond acceptors (Lipinski definition) is 3. The molecule has 2 N–H and O–H groups in total. The van der Waals surface area contributed by atoms with E-state index in [-0.39, 0.29) is 5.25 Å². The molecule has 92 valence electrons. The van der Waals surface area contributed by atoms with Crippen molar-refractivity contribution in [2.24, 2.45) is 5.92 Å². The van der Waals surface area contributed by atoms with E-state index in [2.05, 4.69) is 23.9 Å². The predicted molar refractivity (Wildman–Crippen MR) is 64.4 cm³/mol. The summed E-state index contributed by atoms with van der Waals surface area (Å²) in [4.78, 5) is 0. The highest BCUT2D eigenvalue weighted by atomic mass is 32.2. The van der Waals surface area contributed by atoms with Gasteiger partial charge in [-0.05, 0) is 25.8 Å². The van der Waals surface area contributed by atoms with Crippen LogP contribution in [0.5, 0.6) is 0 Å². The molecule has 0 saturated carbocycles. The van der Waals surface area contributed by atoms with Gasteiger partial charge in [-0.25, -0.2) is 13.1 Å². The summed E-state index contributed by atoms with van der Waals surface area (Å²) in [6.45, 7) is 9.69. The summed E-state index contributed by atoms with van der Waals surface area (Å²) < 4.78 is 26.0. The van der Waals surface area contributed by atoms with Gasteiger partial charge in [-0.3, -0.25) is 0 Å². The van der Waals surface area contributed by atoms with Crippen molar-refractivity contribution in [3.63, 3.8) is 0 Å². The van der Waals surface area contributed by atoms with Gasteiger partial charge in [0, 0.05) is 13.1 Å². The molecule has 1 atom stereocenters. The van der Waals surface area contributed by atoms with Gasteiger partial charge in [0.15, 0.2) is 0 Å². The van der Waals surface area contributed by atoms with E-state index in [1.165, 1.54) is 0 Å². The Bertz CT molecular complexity index is 250. The molecular weight excluding hydrogens is 212 g/mol. The van der Waals surface area contributed by atoms with E-state index in [4.69, 9.17) is 0 Å². The molecule has 0 bridgehead atoms. The fourth-order valence-electron chi connectivity index (χ4n) is 1.09. The quantitative estimate of drug-likeness (QED) is 0.660. The average molecular weight is 236 g/mol. The molecule has 0 aromatic heterocycles. The first kappa shape index (κ1) is 14.9. The third kappa shape index (κ3) is 6.87. The third-order valence-electron chi connectivity index (χ3n) is 2.24. The zero-order valence-corrected chi connectivity index (χ0v) is 11.0. The topological polar surface area (TPSA) is 58.2 Å². The van der Waals surface area contributed by atoms with Crippen LogP contribution in [0, 0.1) is 5.92 Å². The van der Waals surface area contributed by atoms with Gasteiger partial charge >= 0.3 is 0 Å². The van der Waals surface area contributed by atoms with Gasteiger partial charge in [0.25, 0.3) is 0 Å². The third-order valence-corrected chi connectivity index (χ3v) is 4.07. The lowest BCUT2D eigenvalue weighted by Gasteiger charge is -2.14. The summed E-state index contributed by atoms with van der Waals surface area (Å²) >= 11 is 0. The van der Waals surface area contributed by atoms with Gasteiger partial charge < -0.3 is 5.32 Å². The van der Waals surface area contributed by atoms with Gasteiger partial charge in [-0.15, -0.1) is 0 Å². The van der Waals surface area contributed by atoms with Crippen LogP contribution in [0.25, 0.3) is 0 Å². The van der Waals surface area contributed by atoms with Crippen molar-refractivity contribution in [3.8, 4) is 0 Å². The fourth-order valence-corrected chi connectivity index (χ4v) is 2.11. The van der Waals surface area contributed by atoms with Crippen molar-refractivity contribution in [2.45, 2.75) is 39.4 Å². The zero-order valence-electron chi connectivity index (χ0n) is 10.2. The molecule has 4 nitrogen and oxygen atoms in total. The summed E-state index contributed by atoms with van der Waals surface area (Å²) in [7, 11) is -3.14. The van der Waals surface area contributed by atoms with E-state index in [1.807, 2.05) is 6.92 Å². The van der Waals surface area contributed by atoms with Gasteiger partial charge in [-0.2, -0.15) is 0 Å². The highest BCUT2D eigenvalue weighted by molar-refractivity contribution is 7.90. The van der Waals surface area contributed by atoms with Gasteiger partial charge in [0.2, 0.25) is 10.0 Å². The van der Waals surface area contributed by atoms with Crippen molar-refractivity contribution in [1.82, 2.24) is 10.0 Å². The Morgan fingerprint density at radius 1 is 1.20 bits per heavy atom. The summed E-state index contributed by atoms with van der Waals surface area (Å²) in [6.07, 6.45) is 0.882. The Kier molecular flexibility index (Phi) is 7.13. The minimum absolute atomic E-state index is 0.371. The normalized spacial score (nSPS) is 14.5. The Labute approximate surface area is 93.9 Å². The summed E-state index contributed by atoms with van der Waals surface area (Å²) in [5, 5.41) is 2.66. The van der Waals surface area contributed by atoms with Crippen molar-refractivity contribution in [3.05, 3.63) is 0 Å². The Morgan fingerprint density at radius 2 is 1.80 bits per heavy atom. The average Bonchev–Trinajstić information content (AvgIpc) is 2.13. The highest BCUT2D eigenvalue weighted by Gasteiger charge is 2.19. The zero-order chi connectivity index (χ0) is 11.9. The fraction of sp³-hybridized carbons (Fsp3) is 1.00. The standard InChI is InChI=1S/C10H24N2O2S/c1-5-11-8-10(4)15(13,14)12-7-6-9(2)3/h9-12H,5-8H2,1-4H3. The second kappa shape index (κ2) is 7.19. The van der Waals surface area contributed by atoms with Gasteiger partial charge in [0.1, 0.15) is 0 Å². The van der Waals surface area contributed by atoms with Crippen LogP contribution in [0.2, 0.25) is 0 Å². The van der Waals surface area contributed by atoms with Crippen LogP contribution in [0.1, 0.15) is 34.1 Å². The molecule has 0 rings (SSSR count). The van der Waals surface area contributed by atoms with Gasteiger partial charge in [0.05, 0.1) is 5.25 Å². The highest BCUT2D eigenvalue weighted by Crippen LogP contribution is 2.00. The minimum Gasteiger partial charge on any atom is -0.316 e. The molecular formula is C10H24N2O2S. The molecule has 15 heavy (non-hydrogen) atoms.